The zero-order chi connectivity index (χ0) is 25.6. The number of phosphoric acid groups is 1. The molecule has 7 atom stereocenters. The van der Waals surface area contributed by atoms with Gasteiger partial charge in [-0.2, -0.15) is 0 Å². The largest absolute Gasteiger partial charge is 0.469 e. The fraction of sp³-hybridized carbons (Fsp3) is 0.957. The Kier molecular flexibility index (Phi) is 10.4. The normalized spacial score (nSPS) is 38.0. The smallest absolute Gasteiger partial charge is 0.393 e. The molecular weight excluding hydrogens is 479 g/mol. The highest BCUT2D eigenvalue weighted by Gasteiger charge is 2.53. The second kappa shape index (κ2) is 12.6. The molecule has 2 saturated carbocycles. The van der Waals surface area contributed by atoms with Crippen LogP contribution in [0.2, 0.25) is 0 Å². The third-order valence-electron chi connectivity index (χ3n) is 8.14. The number of aliphatic hydroxyl groups is 3. The number of amides is 2. The topological polar surface area (TPSA) is 183 Å². The highest BCUT2D eigenvalue weighted by atomic mass is 31.2. The third-order valence-corrected chi connectivity index (χ3v) is 8.63. The van der Waals surface area contributed by atoms with Gasteiger partial charge in [0.2, 0.25) is 0 Å². The van der Waals surface area contributed by atoms with Crippen molar-refractivity contribution in [2.75, 3.05) is 6.61 Å². The number of nitrogens with zero attached hydrogens (tertiary/aromatic N) is 1. The molecule has 3 aliphatic rings. The summed E-state index contributed by atoms with van der Waals surface area (Å²) < 4.78 is 21.4. The molecule has 1 saturated heterocycles. The van der Waals surface area contributed by atoms with Gasteiger partial charge < -0.3 is 35.6 Å². The highest BCUT2D eigenvalue weighted by Crippen LogP contribution is 2.44. The summed E-state index contributed by atoms with van der Waals surface area (Å²) >= 11 is 0. The lowest BCUT2D eigenvalue weighted by Gasteiger charge is -2.46. The molecule has 1 heterocycles. The van der Waals surface area contributed by atoms with Gasteiger partial charge in [-0.25, -0.2) is 9.36 Å². The first-order valence-corrected chi connectivity index (χ1v) is 14.6. The standard InChI is InChI=1S/C23H43N2O9P/c24-22(29)25(21-20(28)19(27)18(34-21)15-33-35(30,31)32)23-12-8-6-4-2-1-3-5-7-9-16(10-13-23)17(26)11-14-23/h16-21,26-28H,1-15H2,(H2,24,29)(H2,30,31,32). The number of fused-ring (bicyclic) bond motifs is 3. The minimum Gasteiger partial charge on any atom is -0.393 e. The first-order valence-electron chi connectivity index (χ1n) is 13.0. The molecule has 12 heteroatoms. The van der Waals surface area contributed by atoms with E-state index < -0.39 is 56.6 Å². The van der Waals surface area contributed by atoms with Crippen molar-refractivity contribution in [2.45, 2.75) is 126 Å². The molecule has 7 unspecified atom stereocenters. The molecule has 2 aliphatic carbocycles. The number of urea groups is 1. The van der Waals surface area contributed by atoms with Crippen molar-refractivity contribution in [2.24, 2.45) is 11.7 Å². The number of ether oxygens (including phenoxy) is 1. The monoisotopic (exact) mass is 522 g/mol. The maximum atomic E-state index is 12.9. The summed E-state index contributed by atoms with van der Waals surface area (Å²) in [6, 6.07) is -0.799. The first kappa shape index (κ1) is 28.8. The van der Waals surface area contributed by atoms with Crippen LogP contribution in [0, 0.1) is 5.92 Å². The van der Waals surface area contributed by atoms with Crippen LogP contribution in [-0.2, 0) is 13.8 Å². The second-order valence-corrected chi connectivity index (χ2v) is 11.8. The lowest BCUT2D eigenvalue weighted by atomic mass is 9.81. The predicted octanol–water partition coefficient (Wildman–Crippen LogP) is 2.13. The van der Waals surface area contributed by atoms with Crippen molar-refractivity contribution < 1.29 is 43.7 Å². The van der Waals surface area contributed by atoms with Crippen molar-refractivity contribution in [1.29, 1.82) is 0 Å². The van der Waals surface area contributed by atoms with Crippen molar-refractivity contribution in [3.63, 3.8) is 0 Å². The Labute approximate surface area is 207 Å². The van der Waals surface area contributed by atoms with E-state index in [1.54, 1.807) is 0 Å². The molecule has 2 bridgehead atoms. The average Bonchev–Trinajstić information content (AvgIpc) is 2.95. The summed E-state index contributed by atoms with van der Waals surface area (Å²) in [6.07, 6.45) is 6.49. The van der Waals surface area contributed by atoms with Gasteiger partial charge in [-0.1, -0.05) is 51.4 Å². The van der Waals surface area contributed by atoms with E-state index in [1.165, 1.54) is 17.7 Å². The summed E-state index contributed by atoms with van der Waals surface area (Å²) in [5, 5.41) is 32.2. The number of nitrogens with two attached hydrogens (primary N) is 1. The van der Waals surface area contributed by atoms with E-state index in [0.717, 1.165) is 44.9 Å². The summed E-state index contributed by atoms with van der Waals surface area (Å²) in [4.78, 5) is 32.2. The van der Waals surface area contributed by atoms with E-state index >= 15 is 0 Å². The lowest BCUT2D eigenvalue weighted by Crippen LogP contribution is -2.61. The molecule has 1 aliphatic heterocycles. The Balaban J connectivity index is 1.86. The Morgan fingerprint density at radius 1 is 0.914 bits per heavy atom. The third kappa shape index (κ3) is 7.61. The molecule has 0 aromatic carbocycles. The number of primary amides is 1. The molecule has 0 aromatic heterocycles. The van der Waals surface area contributed by atoms with Crippen LogP contribution in [0.1, 0.15) is 89.9 Å². The van der Waals surface area contributed by atoms with Gasteiger partial charge in [0.25, 0.3) is 0 Å². The number of aliphatic hydroxyl groups excluding tert-OH is 3. The van der Waals surface area contributed by atoms with Crippen LogP contribution >= 0.6 is 7.82 Å². The lowest BCUT2D eigenvalue weighted by molar-refractivity contribution is -0.117. The van der Waals surface area contributed by atoms with Gasteiger partial charge in [-0.3, -0.25) is 9.42 Å². The van der Waals surface area contributed by atoms with Crippen LogP contribution in [0.15, 0.2) is 0 Å². The maximum Gasteiger partial charge on any atom is 0.469 e. The van der Waals surface area contributed by atoms with Crippen molar-refractivity contribution in [1.82, 2.24) is 4.90 Å². The Morgan fingerprint density at radius 2 is 1.51 bits per heavy atom. The van der Waals surface area contributed by atoms with Crippen molar-refractivity contribution >= 4 is 13.9 Å². The maximum absolute atomic E-state index is 12.9. The second-order valence-electron chi connectivity index (χ2n) is 10.5. The molecule has 204 valence electrons. The summed E-state index contributed by atoms with van der Waals surface area (Å²) in [5.41, 5.74) is 5.10. The number of rotatable bonds is 5. The van der Waals surface area contributed by atoms with Gasteiger partial charge in [-0.05, 0) is 44.4 Å². The molecule has 11 nitrogen and oxygen atoms in total. The summed E-state index contributed by atoms with van der Waals surface area (Å²) in [7, 11) is -4.82. The number of hydrogen-bond donors (Lipinski definition) is 6. The van der Waals surface area contributed by atoms with Crippen molar-refractivity contribution in [3.8, 4) is 0 Å². The van der Waals surface area contributed by atoms with E-state index in [-0.39, 0.29) is 5.92 Å². The number of hydrogen-bond acceptors (Lipinski definition) is 7. The molecule has 0 radical (unpaired) electrons. The summed E-state index contributed by atoms with van der Waals surface area (Å²) in [6.45, 7) is -0.653. The molecule has 3 rings (SSSR count). The highest BCUT2D eigenvalue weighted by molar-refractivity contribution is 7.46. The van der Waals surface area contributed by atoms with Gasteiger partial charge in [0.05, 0.1) is 12.7 Å². The molecule has 0 aromatic rings. The van der Waals surface area contributed by atoms with E-state index in [0.29, 0.717) is 32.1 Å². The van der Waals surface area contributed by atoms with Gasteiger partial charge >= 0.3 is 13.9 Å². The van der Waals surface area contributed by atoms with E-state index in [1.807, 2.05) is 0 Å². The number of carbonyl (C=O) groups excluding carboxylic acids is 1. The van der Waals surface area contributed by atoms with Gasteiger partial charge in [0.15, 0.2) is 6.23 Å². The fourth-order valence-electron chi connectivity index (χ4n) is 6.17. The average molecular weight is 523 g/mol. The molecule has 3 fully saturated rings. The zero-order valence-corrected chi connectivity index (χ0v) is 21.3. The minimum absolute atomic E-state index is 0.124. The van der Waals surface area contributed by atoms with E-state index in [9.17, 15) is 24.7 Å². The van der Waals surface area contributed by atoms with Gasteiger partial charge in [-0.15, -0.1) is 0 Å². The fourth-order valence-corrected chi connectivity index (χ4v) is 6.51. The molecular formula is C23H43N2O9P. The number of phosphoric ester groups is 1. The van der Waals surface area contributed by atoms with Crippen LogP contribution < -0.4 is 5.73 Å². The molecule has 35 heavy (non-hydrogen) atoms. The van der Waals surface area contributed by atoms with Crippen LogP contribution in [0.5, 0.6) is 0 Å². The van der Waals surface area contributed by atoms with E-state index in [4.69, 9.17) is 20.3 Å². The predicted molar refractivity (Wildman–Crippen MR) is 127 cm³/mol. The van der Waals surface area contributed by atoms with Crippen LogP contribution in [-0.4, -0.2) is 78.8 Å². The molecule has 0 spiro atoms. The summed E-state index contributed by atoms with van der Waals surface area (Å²) in [5.74, 6) is 0.124. The number of carbonyl (C=O) groups is 1. The molecule has 7 N–H and O–H groups in total. The zero-order valence-electron chi connectivity index (χ0n) is 20.4. The minimum atomic E-state index is -4.82. The first-order chi connectivity index (χ1) is 16.5. The Morgan fingerprint density at radius 3 is 2.14 bits per heavy atom. The van der Waals surface area contributed by atoms with Crippen LogP contribution in [0.4, 0.5) is 4.79 Å². The van der Waals surface area contributed by atoms with Crippen LogP contribution in [0.25, 0.3) is 0 Å². The van der Waals surface area contributed by atoms with E-state index in [2.05, 4.69) is 4.52 Å². The Bertz CT molecular complexity index is 738. The van der Waals surface area contributed by atoms with Gasteiger partial charge in [0.1, 0.15) is 18.3 Å². The van der Waals surface area contributed by atoms with Crippen molar-refractivity contribution in [3.05, 3.63) is 0 Å². The van der Waals surface area contributed by atoms with Crippen LogP contribution in [0.3, 0.4) is 0 Å². The van der Waals surface area contributed by atoms with Gasteiger partial charge in [0, 0.05) is 5.54 Å². The SMILES string of the molecule is NC(=O)N(C1OC(COP(=O)(O)O)C(O)C1O)C12CCCCCCCCCCC(CC1)C(O)CC2. The molecule has 2 amide bonds. The Hall–Kier alpha value is -0.780. The quantitative estimate of drug-likeness (QED) is 0.294.